The van der Waals surface area contributed by atoms with Gasteiger partial charge in [-0.25, -0.2) is 4.79 Å². The Morgan fingerprint density at radius 3 is 2.43 bits per heavy atom. The van der Waals surface area contributed by atoms with E-state index >= 15 is 0 Å². The van der Waals surface area contributed by atoms with Gasteiger partial charge in [0.25, 0.3) is 5.91 Å². The molecular formula is C15H18N2O4. The highest BCUT2D eigenvalue weighted by Gasteiger charge is 2.30. The van der Waals surface area contributed by atoms with Crippen molar-refractivity contribution in [3.8, 4) is 11.8 Å². The Labute approximate surface area is 123 Å². The molecule has 0 aromatic heterocycles. The second kappa shape index (κ2) is 6.75. The maximum atomic E-state index is 11.7. The molecule has 0 fully saturated rings. The van der Waals surface area contributed by atoms with Crippen molar-refractivity contribution in [2.75, 3.05) is 6.61 Å². The Hall–Kier alpha value is -2.55. The van der Waals surface area contributed by atoms with Crippen LogP contribution in [-0.2, 0) is 9.53 Å². The minimum Gasteiger partial charge on any atom is -0.508 e. The average molecular weight is 290 g/mol. The van der Waals surface area contributed by atoms with Gasteiger partial charge in [0.15, 0.2) is 6.61 Å². The minimum atomic E-state index is -1.01. The molecule has 1 aromatic rings. The van der Waals surface area contributed by atoms with Crippen molar-refractivity contribution in [1.82, 2.24) is 5.32 Å². The summed E-state index contributed by atoms with van der Waals surface area (Å²) in [4.78, 5) is 23.4. The van der Waals surface area contributed by atoms with Crippen LogP contribution in [0.2, 0.25) is 0 Å². The smallest absolute Gasteiger partial charge is 0.338 e. The lowest BCUT2D eigenvalue weighted by molar-refractivity contribution is -0.125. The maximum Gasteiger partial charge on any atom is 0.338 e. The van der Waals surface area contributed by atoms with E-state index in [2.05, 4.69) is 5.32 Å². The number of carbonyl (C=O) groups excluding carboxylic acids is 2. The zero-order chi connectivity index (χ0) is 16.0. The summed E-state index contributed by atoms with van der Waals surface area (Å²) in [6.07, 6.45) is 0. The van der Waals surface area contributed by atoms with Gasteiger partial charge in [-0.1, -0.05) is 13.8 Å². The molecule has 0 aliphatic rings. The molecule has 6 heteroatoms. The SMILES string of the molecule is CC(C)[C@](C)(C#N)NC(=O)COC(=O)c1ccc(O)cc1. The molecule has 0 saturated heterocycles. The first-order chi connectivity index (χ1) is 9.78. The molecule has 1 rings (SSSR count). The molecule has 0 unspecified atom stereocenters. The molecule has 0 aliphatic carbocycles. The summed E-state index contributed by atoms with van der Waals surface area (Å²) < 4.78 is 4.86. The summed E-state index contributed by atoms with van der Waals surface area (Å²) in [7, 11) is 0. The predicted molar refractivity (Wildman–Crippen MR) is 75.4 cm³/mol. The number of amides is 1. The summed E-state index contributed by atoms with van der Waals surface area (Å²) in [5.41, 5.74) is -0.783. The largest absolute Gasteiger partial charge is 0.508 e. The van der Waals surface area contributed by atoms with Gasteiger partial charge < -0.3 is 15.2 Å². The molecule has 2 N–H and O–H groups in total. The van der Waals surface area contributed by atoms with Crippen LogP contribution in [0, 0.1) is 17.2 Å². The number of phenols is 1. The molecule has 0 saturated carbocycles. The van der Waals surface area contributed by atoms with Crippen molar-refractivity contribution in [2.24, 2.45) is 5.92 Å². The quantitative estimate of drug-likeness (QED) is 0.802. The van der Waals surface area contributed by atoms with Crippen molar-refractivity contribution in [3.05, 3.63) is 29.8 Å². The fraction of sp³-hybridized carbons (Fsp3) is 0.400. The van der Waals surface area contributed by atoms with Crippen molar-refractivity contribution in [1.29, 1.82) is 5.26 Å². The third kappa shape index (κ3) is 4.49. The Morgan fingerprint density at radius 2 is 1.95 bits per heavy atom. The fourth-order valence-corrected chi connectivity index (χ4v) is 1.44. The minimum absolute atomic E-state index is 0.0333. The predicted octanol–water partition coefficient (Wildman–Crippen LogP) is 1.60. The van der Waals surface area contributed by atoms with Crippen LogP contribution in [0.15, 0.2) is 24.3 Å². The third-order valence-electron chi connectivity index (χ3n) is 3.22. The number of nitriles is 1. The molecule has 0 bridgehead atoms. The van der Waals surface area contributed by atoms with Crippen LogP contribution in [-0.4, -0.2) is 29.1 Å². The third-order valence-corrected chi connectivity index (χ3v) is 3.22. The zero-order valence-corrected chi connectivity index (χ0v) is 12.2. The molecule has 0 radical (unpaired) electrons. The van der Waals surface area contributed by atoms with Crippen molar-refractivity contribution < 1.29 is 19.4 Å². The van der Waals surface area contributed by atoms with Gasteiger partial charge in [-0.15, -0.1) is 0 Å². The number of esters is 1. The van der Waals surface area contributed by atoms with E-state index in [0.717, 1.165) is 0 Å². The first-order valence-electron chi connectivity index (χ1n) is 6.47. The van der Waals surface area contributed by atoms with Gasteiger partial charge in [-0.3, -0.25) is 4.79 Å². The molecule has 0 spiro atoms. The van der Waals surface area contributed by atoms with Gasteiger partial charge in [0.05, 0.1) is 11.6 Å². The number of nitrogens with zero attached hydrogens (tertiary/aromatic N) is 1. The standard InChI is InChI=1S/C15H18N2O4/c1-10(2)15(3,9-16)17-13(19)8-21-14(20)11-4-6-12(18)7-5-11/h4-7,10,18H,8H2,1-3H3,(H,17,19)/t15-/m0/s1. The monoisotopic (exact) mass is 290 g/mol. The van der Waals surface area contributed by atoms with Crippen LogP contribution in [0.5, 0.6) is 5.75 Å². The summed E-state index contributed by atoms with van der Waals surface area (Å²) >= 11 is 0. The molecule has 1 atom stereocenters. The van der Waals surface area contributed by atoms with Crippen molar-refractivity contribution in [2.45, 2.75) is 26.3 Å². The topological polar surface area (TPSA) is 99.4 Å². The number of benzene rings is 1. The Bertz CT molecular complexity index is 560. The van der Waals surface area contributed by atoms with Crippen LogP contribution in [0.3, 0.4) is 0 Å². The first kappa shape index (κ1) is 16.5. The molecule has 21 heavy (non-hydrogen) atoms. The summed E-state index contributed by atoms with van der Waals surface area (Å²) in [5.74, 6) is -1.27. The van der Waals surface area contributed by atoms with E-state index in [0.29, 0.717) is 0 Å². The van der Waals surface area contributed by atoms with Crippen molar-refractivity contribution >= 4 is 11.9 Å². The Kier molecular flexibility index (Phi) is 5.30. The summed E-state index contributed by atoms with van der Waals surface area (Å²) in [6.45, 7) is 4.76. The first-order valence-corrected chi connectivity index (χ1v) is 6.47. The maximum absolute atomic E-state index is 11.7. The number of aromatic hydroxyl groups is 1. The number of hydrogen-bond donors (Lipinski definition) is 2. The summed E-state index contributed by atoms with van der Waals surface area (Å²) in [5, 5.41) is 20.7. The molecule has 0 aliphatic heterocycles. The lowest BCUT2D eigenvalue weighted by Crippen LogP contribution is -2.50. The number of ether oxygens (including phenoxy) is 1. The lowest BCUT2D eigenvalue weighted by atomic mass is 9.90. The van der Waals surface area contributed by atoms with Gasteiger partial charge in [0.1, 0.15) is 11.3 Å². The van der Waals surface area contributed by atoms with E-state index in [-0.39, 0.29) is 17.2 Å². The van der Waals surface area contributed by atoms with Gasteiger partial charge in [-0.05, 0) is 37.1 Å². The lowest BCUT2D eigenvalue weighted by Gasteiger charge is -2.27. The second-order valence-corrected chi connectivity index (χ2v) is 5.14. The van der Waals surface area contributed by atoms with Crippen LogP contribution in [0.1, 0.15) is 31.1 Å². The second-order valence-electron chi connectivity index (χ2n) is 5.14. The number of nitrogens with one attached hydrogen (secondary N) is 1. The molecule has 6 nitrogen and oxygen atoms in total. The van der Waals surface area contributed by atoms with E-state index in [1.807, 2.05) is 19.9 Å². The van der Waals surface area contributed by atoms with Gasteiger partial charge >= 0.3 is 5.97 Å². The van der Waals surface area contributed by atoms with E-state index in [1.54, 1.807) is 6.92 Å². The van der Waals surface area contributed by atoms with E-state index in [9.17, 15) is 9.59 Å². The molecule has 1 aromatic carbocycles. The van der Waals surface area contributed by atoms with E-state index < -0.39 is 24.0 Å². The number of carbonyl (C=O) groups is 2. The van der Waals surface area contributed by atoms with Crippen molar-refractivity contribution in [3.63, 3.8) is 0 Å². The van der Waals surface area contributed by atoms with Crippen LogP contribution in [0.25, 0.3) is 0 Å². The van der Waals surface area contributed by atoms with E-state index in [4.69, 9.17) is 15.1 Å². The average Bonchev–Trinajstić information content (AvgIpc) is 2.45. The molecule has 1 amide bonds. The highest BCUT2D eigenvalue weighted by atomic mass is 16.5. The van der Waals surface area contributed by atoms with Gasteiger partial charge in [0.2, 0.25) is 0 Å². The van der Waals surface area contributed by atoms with Gasteiger partial charge in [0, 0.05) is 0 Å². The van der Waals surface area contributed by atoms with Gasteiger partial charge in [-0.2, -0.15) is 5.26 Å². The number of rotatable bonds is 5. The molecule has 0 heterocycles. The zero-order valence-electron chi connectivity index (χ0n) is 12.2. The van der Waals surface area contributed by atoms with Crippen LogP contribution >= 0.6 is 0 Å². The highest BCUT2D eigenvalue weighted by Crippen LogP contribution is 2.15. The molecule has 112 valence electrons. The normalized spacial score (nSPS) is 13.1. The fourth-order valence-electron chi connectivity index (χ4n) is 1.44. The number of hydrogen-bond acceptors (Lipinski definition) is 5. The van der Waals surface area contributed by atoms with Crippen LogP contribution < -0.4 is 5.32 Å². The number of phenolic OH excluding ortho intramolecular Hbond substituents is 1. The van der Waals surface area contributed by atoms with Crippen LogP contribution in [0.4, 0.5) is 0 Å². The Morgan fingerprint density at radius 1 is 1.38 bits per heavy atom. The summed E-state index contributed by atoms with van der Waals surface area (Å²) in [6, 6.07) is 7.52. The Balaban J connectivity index is 2.55. The highest BCUT2D eigenvalue weighted by molar-refractivity contribution is 5.91. The molecular weight excluding hydrogens is 272 g/mol. The van der Waals surface area contributed by atoms with E-state index in [1.165, 1.54) is 24.3 Å².